The highest BCUT2D eigenvalue weighted by Gasteiger charge is 2.34. The van der Waals surface area contributed by atoms with E-state index in [0.717, 1.165) is 5.56 Å². The van der Waals surface area contributed by atoms with E-state index < -0.39 is 23.7 Å². The Kier molecular flexibility index (Phi) is 6.66. The lowest BCUT2D eigenvalue weighted by molar-refractivity contribution is -0.150. The summed E-state index contributed by atoms with van der Waals surface area (Å²) >= 11 is 0. The number of hydrogen-bond acceptors (Lipinski definition) is 5. The molecule has 158 valence electrons. The van der Waals surface area contributed by atoms with Crippen molar-refractivity contribution >= 4 is 17.8 Å². The summed E-state index contributed by atoms with van der Waals surface area (Å²) in [7, 11) is 1.28. The van der Waals surface area contributed by atoms with E-state index in [9.17, 15) is 18.8 Å². The predicted octanol–water partition coefficient (Wildman–Crippen LogP) is 2.82. The third kappa shape index (κ3) is 4.94. The number of carbonyl (C=O) groups is 3. The second-order valence-corrected chi connectivity index (χ2v) is 7.01. The number of halogens is 1. The molecule has 1 atom stereocenters. The van der Waals surface area contributed by atoms with Gasteiger partial charge in [0.25, 0.3) is 5.91 Å². The standard InChI is InChI=1S/C22H23FN2O5/c1-14-8-9-19(17(23)11-14)30-16-6-3-5-15(12-16)21(27)24-13-20(26)25-10-4-7-18(25)22(28)29-2/h3,5-6,8-9,11-12,18H,4,7,10,13H2,1-2H3,(H,24,27)/t18-/m0/s1. The maximum Gasteiger partial charge on any atom is 0.328 e. The molecule has 0 unspecified atom stereocenters. The summed E-state index contributed by atoms with van der Waals surface area (Å²) in [6.45, 7) is 1.97. The second kappa shape index (κ2) is 9.39. The van der Waals surface area contributed by atoms with Crippen molar-refractivity contribution in [2.75, 3.05) is 20.2 Å². The Hall–Kier alpha value is -3.42. The van der Waals surface area contributed by atoms with Crippen LogP contribution in [0.2, 0.25) is 0 Å². The summed E-state index contributed by atoms with van der Waals surface area (Å²) in [5.41, 5.74) is 1.03. The zero-order chi connectivity index (χ0) is 21.7. The third-order valence-electron chi connectivity index (χ3n) is 4.86. The maximum absolute atomic E-state index is 14.0. The number of rotatable bonds is 6. The highest BCUT2D eigenvalue weighted by Crippen LogP contribution is 2.25. The summed E-state index contributed by atoms with van der Waals surface area (Å²) in [6.07, 6.45) is 1.25. The van der Waals surface area contributed by atoms with Crippen LogP contribution in [0.25, 0.3) is 0 Å². The molecule has 1 aliphatic heterocycles. The Bertz CT molecular complexity index is 962. The average molecular weight is 414 g/mol. The van der Waals surface area contributed by atoms with Crippen LogP contribution >= 0.6 is 0 Å². The number of methoxy groups -OCH3 is 1. The van der Waals surface area contributed by atoms with Gasteiger partial charge in [-0.25, -0.2) is 9.18 Å². The van der Waals surface area contributed by atoms with Crippen molar-refractivity contribution in [1.82, 2.24) is 10.2 Å². The number of nitrogens with one attached hydrogen (secondary N) is 1. The van der Waals surface area contributed by atoms with Gasteiger partial charge in [0.2, 0.25) is 5.91 Å². The average Bonchev–Trinajstić information content (AvgIpc) is 3.23. The first kappa shape index (κ1) is 21.3. The predicted molar refractivity (Wildman–Crippen MR) is 107 cm³/mol. The summed E-state index contributed by atoms with van der Waals surface area (Å²) < 4.78 is 24.2. The van der Waals surface area contributed by atoms with Crippen LogP contribution in [-0.2, 0) is 14.3 Å². The van der Waals surface area contributed by atoms with Crippen molar-refractivity contribution < 1.29 is 28.2 Å². The smallest absolute Gasteiger partial charge is 0.328 e. The van der Waals surface area contributed by atoms with E-state index in [4.69, 9.17) is 9.47 Å². The van der Waals surface area contributed by atoms with Gasteiger partial charge in [0.1, 0.15) is 11.8 Å². The van der Waals surface area contributed by atoms with Crippen LogP contribution in [0.1, 0.15) is 28.8 Å². The van der Waals surface area contributed by atoms with Crippen molar-refractivity contribution in [1.29, 1.82) is 0 Å². The lowest BCUT2D eigenvalue weighted by Gasteiger charge is -2.22. The van der Waals surface area contributed by atoms with Crippen molar-refractivity contribution in [3.8, 4) is 11.5 Å². The minimum atomic E-state index is -0.611. The molecule has 0 aromatic heterocycles. The molecule has 1 saturated heterocycles. The summed E-state index contributed by atoms with van der Waals surface area (Å²) in [5.74, 6) is -1.45. The maximum atomic E-state index is 14.0. The Morgan fingerprint density at radius 2 is 2.00 bits per heavy atom. The fourth-order valence-electron chi connectivity index (χ4n) is 3.32. The van der Waals surface area contributed by atoms with E-state index in [1.165, 1.54) is 30.2 Å². The highest BCUT2D eigenvalue weighted by atomic mass is 19.1. The quantitative estimate of drug-likeness (QED) is 0.735. The number of carbonyl (C=O) groups excluding carboxylic acids is 3. The Balaban J connectivity index is 1.61. The minimum Gasteiger partial charge on any atom is -0.467 e. The molecule has 7 nitrogen and oxygen atoms in total. The lowest BCUT2D eigenvalue weighted by atomic mass is 10.2. The zero-order valence-electron chi connectivity index (χ0n) is 16.8. The number of benzene rings is 2. The molecule has 0 aliphatic carbocycles. The first-order valence-corrected chi connectivity index (χ1v) is 9.58. The topological polar surface area (TPSA) is 84.9 Å². The highest BCUT2D eigenvalue weighted by molar-refractivity contribution is 5.97. The zero-order valence-corrected chi connectivity index (χ0v) is 16.8. The van der Waals surface area contributed by atoms with Gasteiger partial charge in [-0.2, -0.15) is 0 Å². The number of amides is 2. The molecule has 30 heavy (non-hydrogen) atoms. The van der Waals surface area contributed by atoms with Gasteiger partial charge in [0.15, 0.2) is 11.6 Å². The molecule has 1 N–H and O–H groups in total. The Morgan fingerprint density at radius 3 is 2.73 bits per heavy atom. The Labute approximate surface area is 173 Å². The lowest BCUT2D eigenvalue weighted by Crippen LogP contribution is -2.45. The monoisotopic (exact) mass is 414 g/mol. The van der Waals surface area contributed by atoms with Gasteiger partial charge in [0.05, 0.1) is 13.7 Å². The second-order valence-electron chi connectivity index (χ2n) is 7.01. The van der Waals surface area contributed by atoms with Gasteiger partial charge in [-0.1, -0.05) is 12.1 Å². The van der Waals surface area contributed by atoms with Gasteiger partial charge in [-0.3, -0.25) is 9.59 Å². The third-order valence-corrected chi connectivity index (χ3v) is 4.86. The van der Waals surface area contributed by atoms with E-state index >= 15 is 0 Å². The fourth-order valence-corrected chi connectivity index (χ4v) is 3.32. The molecular weight excluding hydrogens is 391 g/mol. The van der Waals surface area contributed by atoms with Crippen molar-refractivity contribution in [3.63, 3.8) is 0 Å². The first-order chi connectivity index (χ1) is 14.4. The molecular formula is C22H23FN2O5. The number of ether oxygens (including phenoxy) is 2. The van der Waals surface area contributed by atoms with Crippen LogP contribution in [0, 0.1) is 12.7 Å². The molecule has 0 radical (unpaired) electrons. The van der Waals surface area contributed by atoms with Crippen LogP contribution in [0.4, 0.5) is 4.39 Å². The molecule has 8 heteroatoms. The summed E-state index contributed by atoms with van der Waals surface area (Å²) in [5, 5.41) is 2.55. The fraction of sp³-hybridized carbons (Fsp3) is 0.318. The van der Waals surface area contributed by atoms with E-state index in [-0.39, 0.29) is 23.8 Å². The van der Waals surface area contributed by atoms with Crippen LogP contribution in [0.5, 0.6) is 11.5 Å². The summed E-state index contributed by atoms with van der Waals surface area (Å²) in [4.78, 5) is 38.1. The van der Waals surface area contributed by atoms with E-state index in [1.54, 1.807) is 31.2 Å². The molecule has 1 fully saturated rings. The molecule has 2 amide bonds. The molecule has 0 saturated carbocycles. The van der Waals surface area contributed by atoms with E-state index in [2.05, 4.69) is 5.32 Å². The molecule has 1 aliphatic rings. The molecule has 0 bridgehead atoms. The van der Waals surface area contributed by atoms with Crippen molar-refractivity contribution in [2.24, 2.45) is 0 Å². The van der Waals surface area contributed by atoms with Crippen LogP contribution in [0.3, 0.4) is 0 Å². The number of nitrogens with zero attached hydrogens (tertiary/aromatic N) is 1. The molecule has 2 aromatic rings. The molecule has 2 aromatic carbocycles. The van der Waals surface area contributed by atoms with Crippen LogP contribution in [-0.4, -0.2) is 48.9 Å². The number of aryl methyl sites for hydroxylation is 1. The van der Waals surface area contributed by atoms with Crippen molar-refractivity contribution in [2.45, 2.75) is 25.8 Å². The molecule has 3 rings (SSSR count). The molecule has 0 spiro atoms. The van der Waals surface area contributed by atoms with Gasteiger partial charge in [0, 0.05) is 12.1 Å². The van der Waals surface area contributed by atoms with Gasteiger partial charge in [-0.15, -0.1) is 0 Å². The van der Waals surface area contributed by atoms with Crippen molar-refractivity contribution in [3.05, 3.63) is 59.4 Å². The molecule has 1 heterocycles. The number of hydrogen-bond donors (Lipinski definition) is 1. The van der Waals surface area contributed by atoms with Crippen LogP contribution < -0.4 is 10.1 Å². The Morgan fingerprint density at radius 1 is 1.20 bits per heavy atom. The SMILES string of the molecule is COC(=O)[C@@H]1CCCN1C(=O)CNC(=O)c1cccc(Oc2ccc(C)cc2F)c1. The normalized spacial score (nSPS) is 15.6. The first-order valence-electron chi connectivity index (χ1n) is 9.58. The van der Waals surface area contributed by atoms with Gasteiger partial charge in [-0.05, 0) is 55.7 Å². The van der Waals surface area contributed by atoms with E-state index in [1.807, 2.05) is 0 Å². The largest absolute Gasteiger partial charge is 0.467 e. The van der Waals surface area contributed by atoms with E-state index in [0.29, 0.717) is 25.1 Å². The number of likely N-dealkylation sites (tertiary alicyclic amines) is 1. The van der Waals surface area contributed by atoms with Gasteiger partial charge >= 0.3 is 5.97 Å². The van der Waals surface area contributed by atoms with Crippen LogP contribution in [0.15, 0.2) is 42.5 Å². The minimum absolute atomic E-state index is 0.0521. The van der Waals surface area contributed by atoms with Gasteiger partial charge < -0.3 is 19.7 Å². The summed E-state index contributed by atoms with van der Waals surface area (Å²) in [6, 6.07) is 10.2. The number of esters is 1.